The fourth-order valence-electron chi connectivity index (χ4n) is 3.20. The van der Waals surface area contributed by atoms with Crippen molar-refractivity contribution >= 4 is 9.84 Å². The predicted molar refractivity (Wildman–Crippen MR) is 82.6 cm³/mol. The molecule has 1 aliphatic rings. The highest BCUT2D eigenvalue weighted by molar-refractivity contribution is 7.92. The van der Waals surface area contributed by atoms with Gasteiger partial charge in [-0.1, -0.05) is 38.5 Å². The van der Waals surface area contributed by atoms with Gasteiger partial charge in [0.2, 0.25) is 0 Å². The molecule has 1 aromatic carbocycles. The standard InChI is InChI=1S/C16H25NO2S/c1-5-17-15-14(10-11-16(15,3)4)20(18,19)13-8-6-12(2)7-9-13/h6-9,14-15,17H,5,10-11H2,1-4H3. The Hall–Kier alpha value is -0.870. The highest BCUT2D eigenvalue weighted by Gasteiger charge is 2.47. The van der Waals surface area contributed by atoms with Crippen molar-refractivity contribution in [2.45, 2.75) is 56.7 Å². The van der Waals surface area contributed by atoms with Crippen molar-refractivity contribution in [3.05, 3.63) is 29.8 Å². The molecule has 1 N–H and O–H groups in total. The van der Waals surface area contributed by atoms with Gasteiger partial charge in [0.15, 0.2) is 9.84 Å². The Morgan fingerprint density at radius 2 is 1.85 bits per heavy atom. The molecule has 0 saturated heterocycles. The highest BCUT2D eigenvalue weighted by Crippen LogP contribution is 2.42. The molecule has 0 amide bonds. The molecule has 112 valence electrons. The van der Waals surface area contributed by atoms with Gasteiger partial charge in [0.05, 0.1) is 10.1 Å². The van der Waals surface area contributed by atoms with E-state index in [2.05, 4.69) is 19.2 Å². The Morgan fingerprint density at radius 3 is 2.40 bits per heavy atom. The SMILES string of the molecule is CCNC1C(S(=O)(=O)c2ccc(C)cc2)CCC1(C)C. The van der Waals surface area contributed by atoms with Crippen molar-refractivity contribution in [2.24, 2.45) is 5.41 Å². The molecule has 2 rings (SSSR count). The fraction of sp³-hybridized carbons (Fsp3) is 0.625. The van der Waals surface area contributed by atoms with Crippen LogP contribution in [0.5, 0.6) is 0 Å². The Kier molecular flexibility index (Phi) is 4.26. The number of aryl methyl sites for hydroxylation is 1. The molecule has 0 heterocycles. The summed E-state index contributed by atoms with van der Waals surface area (Å²) in [6, 6.07) is 7.24. The molecule has 1 aliphatic carbocycles. The summed E-state index contributed by atoms with van der Waals surface area (Å²) >= 11 is 0. The lowest BCUT2D eigenvalue weighted by atomic mass is 9.87. The normalized spacial score (nSPS) is 25.8. The van der Waals surface area contributed by atoms with Crippen LogP contribution in [-0.4, -0.2) is 26.3 Å². The minimum atomic E-state index is -3.26. The molecule has 1 saturated carbocycles. The lowest BCUT2D eigenvalue weighted by Gasteiger charge is -2.31. The number of benzene rings is 1. The molecule has 1 fully saturated rings. The number of hydrogen-bond donors (Lipinski definition) is 1. The Bertz CT molecular complexity index is 561. The fourth-order valence-corrected chi connectivity index (χ4v) is 5.32. The van der Waals surface area contributed by atoms with Crippen LogP contribution in [0.2, 0.25) is 0 Å². The van der Waals surface area contributed by atoms with Gasteiger partial charge in [0.1, 0.15) is 0 Å². The van der Waals surface area contributed by atoms with Crippen LogP contribution in [-0.2, 0) is 9.84 Å². The van der Waals surface area contributed by atoms with Gasteiger partial charge in [-0.15, -0.1) is 0 Å². The first-order valence-electron chi connectivity index (χ1n) is 7.33. The average molecular weight is 295 g/mol. The van der Waals surface area contributed by atoms with Gasteiger partial charge in [-0.05, 0) is 43.9 Å². The first-order valence-corrected chi connectivity index (χ1v) is 8.87. The molecule has 1 aromatic rings. The predicted octanol–water partition coefficient (Wildman–Crippen LogP) is 2.94. The molecule has 2 unspecified atom stereocenters. The summed E-state index contributed by atoms with van der Waals surface area (Å²) < 4.78 is 25.8. The first kappa shape index (κ1) is 15.5. The van der Waals surface area contributed by atoms with E-state index in [4.69, 9.17) is 0 Å². The molecule has 0 spiro atoms. The van der Waals surface area contributed by atoms with Gasteiger partial charge in [-0.2, -0.15) is 0 Å². The zero-order valence-corrected chi connectivity index (χ0v) is 13.6. The van der Waals surface area contributed by atoms with Crippen molar-refractivity contribution in [3.63, 3.8) is 0 Å². The van der Waals surface area contributed by atoms with E-state index in [1.807, 2.05) is 26.0 Å². The van der Waals surface area contributed by atoms with E-state index in [1.54, 1.807) is 12.1 Å². The molecular formula is C16H25NO2S. The van der Waals surface area contributed by atoms with E-state index in [9.17, 15) is 8.42 Å². The second-order valence-electron chi connectivity index (χ2n) is 6.46. The Labute approximate surface area is 122 Å². The summed E-state index contributed by atoms with van der Waals surface area (Å²) in [6.07, 6.45) is 1.68. The summed E-state index contributed by atoms with van der Waals surface area (Å²) in [4.78, 5) is 0.453. The van der Waals surface area contributed by atoms with Gasteiger partial charge < -0.3 is 5.32 Å². The molecular weight excluding hydrogens is 270 g/mol. The maximum Gasteiger partial charge on any atom is 0.182 e. The lowest BCUT2D eigenvalue weighted by Crippen LogP contribution is -2.47. The third-order valence-corrected chi connectivity index (χ3v) is 6.69. The van der Waals surface area contributed by atoms with Gasteiger partial charge in [-0.25, -0.2) is 8.42 Å². The van der Waals surface area contributed by atoms with Crippen molar-refractivity contribution in [2.75, 3.05) is 6.54 Å². The quantitative estimate of drug-likeness (QED) is 0.929. The topological polar surface area (TPSA) is 46.2 Å². The number of hydrogen-bond acceptors (Lipinski definition) is 3. The lowest BCUT2D eigenvalue weighted by molar-refractivity contribution is 0.288. The van der Waals surface area contributed by atoms with Crippen LogP contribution < -0.4 is 5.32 Å². The third-order valence-electron chi connectivity index (χ3n) is 4.46. The molecule has 4 heteroatoms. The van der Waals surface area contributed by atoms with Gasteiger partial charge in [-0.3, -0.25) is 0 Å². The zero-order valence-electron chi connectivity index (χ0n) is 12.8. The Balaban J connectivity index is 2.36. The van der Waals surface area contributed by atoms with E-state index in [1.165, 1.54) is 0 Å². The molecule has 0 radical (unpaired) electrons. The first-order chi connectivity index (χ1) is 9.29. The average Bonchev–Trinajstić information content (AvgIpc) is 2.67. The summed E-state index contributed by atoms with van der Waals surface area (Å²) in [5.41, 5.74) is 1.11. The second-order valence-corrected chi connectivity index (χ2v) is 8.63. The maximum atomic E-state index is 12.9. The molecule has 0 aliphatic heterocycles. The minimum Gasteiger partial charge on any atom is -0.312 e. The van der Waals surface area contributed by atoms with Crippen molar-refractivity contribution in [1.29, 1.82) is 0 Å². The summed E-state index contributed by atoms with van der Waals surface area (Å²) in [7, 11) is -3.26. The van der Waals surface area contributed by atoms with Crippen molar-refractivity contribution in [3.8, 4) is 0 Å². The van der Waals surface area contributed by atoms with Crippen LogP contribution in [0, 0.1) is 12.3 Å². The zero-order chi connectivity index (χ0) is 15.0. The smallest absolute Gasteiger partial charge is 0.182 e. The molecule has 0 bridgehead atoms. The Morgan fingerprint density at radius 1 is 1.25 bits per heavy atom. The van der Waals surface area contributed by atoms with Crippen LogP contribution >= 0.6 is 0 Å². The van der Waals surface area contributed by atoms with E-state index >= 15 is 0 Å². The van der Waals surface area contributed by atoms with Crippen LogP contribution in [0.25, 0.3) is 0 Å². The van der Waals surface area contributed by atoms with Crippen LogP contribution in [0.3, 0.4) is 0 Å². The maximum absolute atomic E-state index is 12.9. The molecule has 3 nitrogen and oxygen atoms in total. The van der Waals surface area contributed by atoms with Gasteiger partial charge >= 0.3 is 0 Å². The molecule has 0 aromatic heterocycles. The van der Waals surface area contributed by atoms with Crippen LogP contribution in [0.1, 0.15) is 39.2 Å². The summed E-state index contributed by atoms with van der Waals surface area (Å²) in [5, 5.41) is 3.07. The number of nitrogens with one attached hydrogen (secondary N) is 1. The van der Waals surface area contributed by atoms with E-state index < -0.39 is 9.84 Å². The van der Waals surface area contributed by atoms with Gasteiger partial charge in [0.25, 0.3) is 0 Å². The van der Waals surface area contributed by atoms with Gasteiger partial charge in [0, 0.05) is 6.04 Å². The van der Waals surface area contributed by atoms with Crippen LogP contribution in [0.4, 0.5) is 0 Å². The molecule has 2 atom stereocenters. The van der Waals surface area contributed by atoms with Crippen molar-refractivity contribution in [1.82, 2.24) is 5.32 Å². The van der Waals surface area contributed by atoms with E-state index in [0.717, 1.165) is 24.9 Å². The largest absolute Gasteiger partial charge is 0.312 e. The number of sulfone groups is 1. The number of rotatable bonds is 4. The molecule has 20 heavy (non-hydrogen) atoms. The van der Waals surface area contributed by atoms with Crippen molar-refractivity contribution < 1.29 is 8.42 Å². The minimum absolute atomic E-state index is 0.0262. The highest BCUT2D eigenvalue weighted by atomic mass is 32.2. The second kappa shape index (κ2) is 5.49. The van der Waals surface area contributed by atoms with Crippen LogP contribution in [0.15, 0.2) is 29.2 Å². The monoisotopic (exact) mass is 295 g/mol. The summed E-state index contributed by atoms with van der Waals surface area (Å²) in [5.74, 6) is 0. The van der Waals surface area contributed by atoms with E-state index in [-0.39, 0.29) is 16.7 Å². The summed E-state index contributed by atoms with van der Waals surface area (Å²) in [6.45, 7) is 9.12. The third kappa shape index (κ3) is 2.77. The van der Waals surface area contributed by atoms with E-state index in [0.29, 0.717) is 4.90 Å².